The Balaban J connectivity index is 2.91. The fraction of sp³-hybridized carbons (Fsp3) is 0.400. The molecule has 0 bridgehead atoms. The summed E-state index contributed by atoms with van der Waals surface area (Å²) in [5.74, 6) is -6.85. The maximum atomic E-state index is 13.6. The van der Waals surface area contributed by atoms with Crippen LogP contribution in [0.3, 0.4) is 0 Å². The first-order chi connectivity index (χ1) is 9.60. The Hall–Kier alpha value is -1.85. The topological polar surface area (TPSA) is 26.3 Å². The van der Waals surface area contributed by atoms with E-state index < -0.39 is 52.4 Å². The lowest BCUT2D eigenvalue weighted by molar-refractivity contribution is -0.146. The minimum Gasteiger partial charge on any atom is -0.461 e. The molecular weight excluding hydrogens is 288 g/mol. The summed E-state index contributed by atoms with van der Waals surface area (Å²) >= 11 is 0. The molecule has 116 valence electrons. The minimum atomic E-state index is -1.55. The molecule has 0 aromatic heterocycles. The van der Waals surface area contributed by atoms with Gasteiger partial charge in [-0.05, 0) is 12.3 Å². The molecule has 21 heavy (non-hydrogen) atoms. The smallest absolute Gasteiger partial charge is 0.306 e. The standard InChI is InChI=1S/C15H16F4O2/c1-5-15(3,4)6-10(20)21-7-9-13(18)11(16)8(2)12(17)14(9)19/h5H,1,6-7H2,2-4H3. The lowest BCUT2D eigenvalue weighted by Gasteiger charge is -2.18. The van der Waals surface area contributed by atoms with Crippen LogP contribution in [0, 0.1) is 35.6 Å². The van der Waals surface area contributed by atoms with E-state index in [1.165, 1.54) is 6.08 Å². The normalized spacial score (nSPS) is 11.4. The average Bonchev–Trinajstić information content (AvgIpc) is 2.42. The Morgan fingerprint density at radius 2 is 1.62 bits per heavy atom. The number of carbonyl (C=O) groups is 1. The summed E-state index contributed by atoms with van der Waals surface area (Å²) in [5, 5.41) is 0. The summed E-state index contributed by atoms with van der Waals surface area (Å²) in [6.45, 7) is 7.01. The highest BCUT2D eigenvalue weighted by molar-refractivity contribution is 5.70. The van der Waals surface area contributed by atoms with Crippen molar-refractivity contribution >= 4 is 5.97 Å². The third-order valence-corrected chi connectivity index (χ3v) is 3.10. The van der Waals surface area contributed by atoms with E-state index in [1.807, 2.05) is 0 Å². The first-order valence-electron chi connectivity index (χ1n) is 6.21. The highest BCUT2D eigenvalue weighted by Gasteiger charge is 2.25. The van der Waals surface area contributed by atoms with Gasteiger partial charge in [-0.25, -0.2) is 17.6 Å². The second kappa shape index (κ2) is 6.28. The van der Waals surface area contributed by atoms with Crippen molar-refractivity contribution in [1.82, 2.24) is 0 Å². The van der Waals surface area contributed by atoms with Crippen LogP contribution in [0.1, 0.15) is 31.4 Å². The molecule has 0 atom stereocenters. The molecule has 0 aliphatic rings. The molecule has 0 saturated carbocycles. The van der Waals surface area contributed by atoms with E-state index >= 15 is 0 Å². The molecular formula is C15H16F4O2. The first-order valence-corrected chi connectivity index (χ1v) is 6.21. The molecule has 0 aliphatic carbocycles. The summed E-state index contributed by atoms with van der Waals surface area (Å²) < 4.78 is 58.5. The first kappa shape index (κ1) is 17.2. The predicted octanol–water partition coefficient (Wildman–Crippen LogP) is 4.20. The van der Waals surface area contributed by atoms with Gasteiger partial charge in [0.1, 0.15) is 6.61 Å². The van der Waals surface area contributed by atoms with Crippen molar-refractivity contribution in [2.24, 2.45) is 5.41 Å². The predicted molar refractivity (Wildman–Crippen MR) is 69.4 cm³/mol. The van der Waals surface area contributed by atoms with Gasteiger partial charge in [0.2, 0.25) is 0 Å². The van der Waals surface area contributed by atoms with E-state index in [9.17, 15) is 22.4 Å². The van der Waals surface area contributed by atoms with Gasteiger partial charge in [0.15, 0.2) is 23.3 Å². The highest BCUT2D eigenvalue weighted by Crippen LogP contribution is 2.25. The molecule has 0 heterocycles. The van der Waals surface area contributed by atoms with Crippen LogP contribution in [0.4, 0.5) is 17.6 Å². The van der Waals surface area contributed by atoms with Crippen molar-refractivity contribution < 1.29 is 27.1 Å². The quantitative estimate of drug-likeness (QED) is 0.353. The number of ether oxygens (including phenoxy) is 1. The van der Waals surface area contributed by atoms with Crippen LogP contribution >= 0.6 is 0 Å². The van der Waals surface area contributed by atoms with Crippen molar-refractivity contribution in [3.05, 3.63) is 47.1 Å². The fourth-order valence-corrected chi connectivity index (χ4v) is 1.56. The van der Waals surface area contributed by atoms with Crippen LogP contribution in [0.15, 0.2) is 12.7 Å². The third kappa shape index (κ3) is 3.83. The number of carbonyl (C=O) groups excluding carboxylic acids is 1. The van der Waals surface area contributed by atoms with Crippen molar-refractivity contribution in [2.75, 3.05) is 0 Å². The van der Waals surface area contributed by atoms with Gasteiger partial charge in [-0.3, -0.25) is 4.79 Å². The SMILES string of the molecule is C=CC(C)(C)CC(=O)OCc1c(F)c(F)c(C)c(F)c1F. The number of hydrogen-bond acceptors (Lipinski definition) is 2. The van der Waals surface area contributed by atoms with Crippen LogP contribution < -0.4 is 0 Å². The third-order valence-electron chi connectivity index (χ3n) is 3.10. The zero-order valence-electron chi connectivity index (χ0n) is 12.0. The van der Waals surface area contributed by atoms with Gasteiger partial charge in [-0.1, -0.05) is 19.9 Å². The summed E-state index contributed by atoms with van der Waals surface area (Å²) in [6, 6.07) is 0. The van der Waals surface area contributed by atoms with Gasteiger partial charge in [0.05, 0.1) is 12.0 Å². The number of esters is 1. The summed E-state index contributed by atoms with van der Waals surface area (Å²) in [7, 11) is 0. The average molecular weight is 304 g/mol. The van der Waals surface area contributed by atoms with Crippen LogP contribution in [0.2, 0.25) is 0 Å². The largest absolute Gasteiger partial charge is 0.461 e. The Kier molecular flexibility index (Phi) is 5.15. The van der Waals surface area contributed by atoms with Crippen molar-refractivity contribution in [1.29, 1.82) is 0 Å². The number of rotatable bonds is 5. The number of hydrogen-bond donors (Lipinski definition) is 0. The van der Waals surface area contributed by atoms with Gasteiger partial charge < -0.3 is 4.74 Å². The van der Waals surface area contributed by atoms with E-state index in [0.29, 0.717) is 0 Å². The molecule has 0 N–H and O–H groups in total. The van der Waals surface area contributed by atoms with E-state index in [4.69, 9.17) is 0 Å². The van der Waals surface area contributed by atoms with Crippen molar-refractivity contribution in [2.45, 2.75) is 33.8 Å². The molecule has 0 saturated heterocycles. The maximum Gasteiger partial charge on any atom is 0.306 e. The molecule has 0 aliphatic heterocycles. The van der Waals surface area contributed by atoms with Gasteiger partial charge >= 0.3 is 5.97 Å². The van der Waals surface area contributed by atoms with Crippen molar-refractivity contribution in [3.63, 3.8) is 0 Å². The number of halogens is 4. The zero-order chi connectivity index (χ0) is 16.4. The van der Waals surface area contributed by atoms with Crippen LogP contribution in [0.5, 0.6) is 0 Å². The van der Waals surface area contributed by atoms with E-state index in [1.54, 1.807) is 13.8 Å². The van der Waals surface area contributed by atoms with Crippen LogP contribution in [0.25, 0.3) is 0 Å². The van der Waals surface area contributed by atoms with Gasteiger partial charge in [0, 0.05) is 5.56 Å². The second-order valence-electron chi connectivity index (χ2n) is 5.39. The molecule has 1 aromatic rings. The summed E-state index contributed by atoms with van der Waals surface area (Å²) in [4.78, 5) is 11.5. The highest BCUT2D eigenvalue weighted by atomic mass is 19.2. The molecule has 0 fully saturated rings. The van der Waals surface area contributed by atoms with Crippen LogP contribution in [-0.4, -0.2) is 5.97 Å². The van der Waals surface area contributed by atoms with Crippen molar-refractivity contribution in [3.8, 4) is 0 Å². The van der Waals surface area contributed by atoms with E-state index in [0.717, 1.165) is 6.92 Å². The summed E-state index contributed by atoms with van der Waals surface area (Å²) in [5.41, 5.74) is -2.26. The molecule has 0 amide bonds. The second-order valence-corrected chi connectivity index (χ2v) is 5.39. The van der Waals surface area contributed by atoms with Gasteiger partial charge in [-0.15, -0.1) is 6.58 Å². The maximum absolute atomic E-state index is 13.6. The van der Waals surface area contributed by atoms with E-state index in [2.05, 4.69) is 11.3 Å². The fourth-order valence-electron chi connectivity index (χ4n) is 1.56. The minimum absolute atomic E-state index is 0.0729. The van der Waals surface area contributed by atoms with Gasteiger partial charge in [0.25, 0.3) is 0 Å². The molecule has 0 spiro atoms. The number of allylic oxidation sites excluding steroid dienone is 1. The zero-order valence-corrected chi connectivity index (χ0v) is 12.0. The molecule has 6 heteroatoms. The Morgan fingerprint density at radius 3 is 2.05 bits per heavy atom. The number of benzene rings is 1. The molecule has 1 rings (SSSR count). The lowest BCUT2D eigenvalue weighted by Crippen LogP contribution is -2.17. The summed E-state index contributed by atoms with van der Waals surface area (Å²) in [6.07, 6.45) is 1.46. The molecule has 1 aromatic carbocycles. The monoisotopic (exact) mass is 304 g/mol. The Bertz CT molecular complexity index is 551. The van der Waals surface area contributed by atoms with E-state index in [-0.39, 0.29) is 6.42 Å². The molecule has 0 radical (unpaired) electrons. The molecule has 2 nitrogen and oxygen atoms in total. The Morgan fingerprint density at radius 1 is 1.14 bits per heavy atom. The lowest BCUT2D eigenvalue weighted by atomic mass is 9.90. The van der Waals surface area contributed by atoms with Gasteiger partial charge in [-0.2, -0.15) is 0 Å². The molecule has 0 unspecified atom stereocenters. The van der Waals surface area contributed by atoms with Crippen LogP contribution in [-0.2, 0) is 16.1 Å². The Labute approximate surface area is 120 Å².